The highest BCUT2D eigenvalue weighted by Gasteiger charge is 2.34. The lowest BCUT2D eigenvalue weighted by atomic mass is 10.1. The second-order valence-electron chi connectivity index (χ2n) is 6.99. The monoisotopic (exact) mass is 430 g/mol. The fourth-order valence-corrected chi connectivity index (χ4v) is 3.47. The number of hydrogen-bond acceptors (Lipinski definition) is 4. The molecule has 0 unspecified atom stereocenters. The third kappa shape index (κ3) is 4.23. The van der Waals surface area contributed by atoms with Crippen molar-refractivity contribution in [3.05, 3.63) is 72.3 Å². The van der Waals surface area contributed by atoms with E-state index in [0.29, 0.717) is 17.9 Å². The highest BCUT2D eigenvalue weighted by atomic mass is 19.4. The van der Waals surface area contributed by atoms with Crippen molar-refractivity contribution in [1.82, 2.24) is 9.55 Å². The molecule has 1 aliphatic rings. The van der Waals surface area contributed by atoms with Crippen LogP contribution in [0.3, 0.4) is 0 Å². The van der Waals surface area contributed by atoms with Crippen molar-refractivity contribution in [2.45, 2.75) is 19.3 Å². The van der Waals surface area contributed by atoms with Gasteiger partial charge in [0.2, 0.25) is 0 Å². The van der Waals surface area contributed by atoms with Gasteiger partial charge >= 0.3 is 6.36 Å². The molecule has 31 heavy (non-hydrogen) atoms. The number of anilines is 2. The minimum Gasteiger partial charge on any atom is -0.406 e. The molecular formula is C21H17F3N4O3. The zero-order chi connectivity index (χ0) is 22.2. The summed E-state index contributed by atoms with van der Waals surface area (Å²) >= 11 is 0. The Morgan fingerprint density at radius 3 is 2.58 bits per heavy atom. The molecule has 10 heteroatoms. The lowest BCUT2D eigenvalue weighted by Gasteiger charge is -2.33. The largest absolute Gasteiger partial charge is 0.573 e. The number of benzene rings is 1. The number of carbonyl (C=O) groups is 2. The van der Waals surface area contributed by atoms with Gasteiger partial charge in [0.05, 0.1) is 17.4 Å². The first-order valence-electron chi connectivity index (χ1n) is 9.33. The van der Waals surface area contributed by atoms with E-state index in [1.54, 1.807) is 35.2 Å². The van der Waals surface area contributed by atoms with Crippen molar-refractivity contribution in [3.8, 4) is 5.75 Å². The third-order valence-electron chi connectivity index (χ3n) is 4.83. The number of ether oxygens (including phenoxy) is 1. The van der Waals surface area contributed by atoms with Crippen LogP contribution < -0.4 is 15.0 Å². The Kier molecular flexibility index (Phi) is 5.14. The quantitative estimate of drug-likeness (QED) is 0.671. The highest BCUT2D eigenvalue weighted by Crippen LogP contribution is 2.31. The van der Waals surface area contributed by atoms with E-state index in [0.717, 1.165) is 12.1 Å². The SMILES string of the molecule is C[C@H]1CN(c2ccc(OC(F)(F)F)cc2)C(=O)c2c(C(=O)Nc3cccnc3)ccn21. The fraction of sp³-hybridized carbons (Fsp3) is 0.190. The van der Waals surface area contributed by atoms with Gasteiger partial charge in [0, 0.05) is 30.7 Å². The molecule has 7 nitrogen and oxygen atoms in total. The van der Waals surface area contributed by atoms with E-state index in [-0.39, 0.29) is 23.0 Å². The molecule has 1 aromatic carbocycles. The number of carbonyl (C=O) groups excluding carboxylic acids is 2. The molecule has 160 valence electrons. The summed E-state index contributed by atoms with van der Waals surface area (Å²) in [6, 6.07) is 9.80. The van der Waals surface area contributed by atoms with E-state index in [1.165, 1.54) is 23.2 Å². The number of amides is 2. The standard InChI is InChI=1S/C21H17F3N4O3/c1-13-12-28(15-4-6-16(7-5-15)31-21(22,23)24)20(30)18-17(8-10-27(13)18)19(29)26-14-3-2-9-25-11-14/h2-11,13H,12H2,1H3,(H,26,29)/t13-/m0/s1. The summed E-state index contributed by atoms with van der Waals surface area (Å²) in [6.07, 6.45) is -0.0617. The zero-order valence-corrected chi connectivity index (χ0v) is 16.3. The molecule has 3 aromatic rings. The summed E-state index contributed by atoms with van der Waals surface area (Å²) in [5, 5.41) is 2.71. The van der Waals surface area contributed by atoms with Crippen molar-refractivity contribution in [1.29, 1.82) is 0 Å². The van der Waals surface area contributed by atoms with Crippen LogP contribution in [0, 0.1) is 0 Å². The Morgan fingerprint density at radius 1 is 1.19 bits per heavy atom. The number of alkyl halides is 3. The molecule has 0 saturated heterocycles. The summed E-state index contributed by atoms with van der Waals surface area (Å²) in [5.41, 5.74) is 1.29. The van der Waals surface area contributed by atoms with Crippen molar-refractivity contribution in [2.75, 3.05) is 16.8 Å². The number of fused-ring (bicyclic) bond motifs is 1. The Balaban J connectivity index is 1.61. The first kappa shape index (κ1) is 20.5. The Labute approximate surface area is 175 Å². The third-order valence-corrected chi connectivity index (χ3v) is 4.83. The minimum absolute atomic E-state index is 0.154. The number of rotatable bonds is 4. The number of nitrogens with one attached hydrogen (secondary N) is 1. The molecule has 0 bridgehead atoms. The maximum atomic E-state index is 13.2. The van der Waals surface area contributed by atoms with E-state index in [2.05, 4.69) is 15.0 Å². The number of pyridine rings is 1. The lowest BCUT2D eigenvalue weighted by Crippen LogP contribution is -2.43. The maximum Gasteiger partial charge on any atom is 0.573 e. The minimum atomic E-state index is -4.80. The van der Waals surface area contributed by atoms with Gasteiger partial charge in [0.25, 0.3) is 11.8 Å². The molecule has 1 N–H and O–H groups in total. The Morgan fingerprint density at radius 2 is 1.94 bits per heavy atom. The molecule has 0 fully saturated rings. The van der Waals surface area contributed by atoms with Crippen molar-refractivity contribution in [2.24, 2.45) is 0 Å². The summed E-state index contributed by atoms with van der Waals surface area (Å²) in [5.74, 6) is -1.27. The topological polar surface area (TPSA) is 76.5 Å². The van der Waals surface area contributed by atoms with E-state index < -0.39 is 18.2 Å². The van der Waals surface area contributed by atoms with E-state index in [9.17, 15) is 22.8 Å². The first-order valence-corrected chi connectivity index (χ1v) is 9.33. The van der Waals surface area contributed by atoms with Gasteiger partial charge in [-0.2, -0.15) is 0 Å². The maximum absolute atomic E-state index is 13.2. The molecule has 3 heterocycles. The molecule has 2 amide bonds. The summed E-state index contributed by atoms with van der Waals surface area (Å²) in [6.45, 7) is 2.18. The van der Waals surface area contributed by atoms with Crippen LogP contribution in [-0.4, -0.2) is 34.3 Å². The molecule has 1 atom stereocenters. The molecule has 4 rings (SSSR count). The number of nitrogens with zero attached hydrogens (tertiary/aromatic N) is 3. The average Bonchev–Trinajstić information content (AvgIpc) is 3.17. The zero-order valence-electron chi connectivity index (χ0n) is 16.3. The van der Waals surface area contributed by atoms with Crippen LogP contribution in [0.25, 0.3) is 0 Å². The van der Waals surface area contributed by atoms with Gasteiger partial charge in [-0.25, -0.2) is 0 Å². The summed E-state index contributed by atoms with van der Waals surface area (Å²) < 4.78 is 42.8. The Hall–Kier alpha value is -3.82. The van der Waals surface area contributed by atoms with Gasteiger partial charge in [-0.05, 0) is 49.4 Å². The predicted octanol–water partition coefficient (Wildman–Crippen LogP) is 4.26. The van der Waals surface area contributed by atoms with E-state index >= 15 is 0 Å². The molecule has 0 saturated carbocycles. The van der Waals surface area contributed by atoms with Crippen LogP contribution in [0.15, 0.2) is 61.1 Å². The van der Waals surface area contributed by atoms with E-state index in [4.69, 9.17) is 0 Å². The van der Waals surface area contributed by atoms with Crippen LogP contribution in [0.4, 0.5) is 24.5 Å². The van der Waals surface area contributed by atoms with Gasteiger partial charge in [0.1, 0.15) is 11.4 Å². The second kappa shape index (κ2) is 7.78. The number of aromatic nitrogens is 2. The highest BCUT2D eigenvalue weighted by molar-refractivity contribution is 6.16. The normalized spacial score (nSPS) is 16.1. The van der Waals surface area contributed by atoms with Gasteiger partial charge in [-0.15, -0.1) is 13.2 Å². The van der Waals surface area contributed by atoms with Crippen LogP contribution in [-0.2, 0) is 0 Å². The number of hydrogen-bond donors (Lipinski definition) is 1. The second-order valence-corrected chi connectivity index (χ2v) is 6.99. The molecular weight excluding hydrogens is 413 g/mol. The smallest absolute Gasteiger partial charge is 0.406 e. The van der Waals surface area contributed by atoms with E-state index in [1.807, 2.05) is 6.92 Å². The molecule has 0 aliphatic carbocycles. The first-order chi connectivity index (χ1) is 14.7. The van der Waals surface area contributed by atoms with Gasteiger partial charge in [0.15, 0.2) is 0 Å². The average molecular weight is 430 g/mol. The summed E-state index contributed by atoms with van der Waals surface area (Å²) in [4.78, 5) is 31.4. The Bertz CT molecular complexity index is 1110. The van der Waals surface area contributed by atoms with Gasteiger partial charge in [-0.3, -0.25) is 14.6 Å². The van der Waals surface area contributed by atoms with Gasteiger partial charge < -0.3 is 19.5 Å². The van der Waals surface area contributed by atoms with Crippen LogP contribution >= 0.6 is 0 Å². The molecule has 2 aromatic heterocycles. The van der Waals surface area contributed by atoms with Crippen LogP contribution in [0.5, 0.6) is 5.75 Å². The van der Waals surface area contributed by atoms with Crippen molar-refractivity contribution < 1.29 is 27.5 Å². The molecule has 0 spiro atoms. The predicted molar refractivity (Wildman–Crippen MR) is 106 cm³/mol. The van der Waals surface area contributed by atoms with Crippen molar-refractivity contribution >= 4 is 23.2 Å². The molecule has 0 radical (unpaired) electrons. The molecule has 1 aliphatic heterocycles. The summed E-state index contributed by atoms with van der Waals surface area (Å²) in [7, 11) is 0. The lowest BCUT2D eigenvalue weighted by molar-refractivity contribution is -0.274. The van der Waals surface area contributed by atoms with Crippen LogP contribution in [0.2, 0.25) is 0 Å². The van der Waals surface area contributed by atoms with Crippen LogP contribution in [0.1, 0.15) is 33.8 Å². The number of halogens is 3. The fourth-order valence-electron chi connectivity index (χ4n) is 3.47. The van der Waals surface area contributed by atoms with Gasteiger partial charge in [-0.1, -0.05) is 0 Å². The van der Waals surface area contributed by atoms with Crippen molar-refractivity contribution in [3.63, 3.8) is 0 Å².